The second kappa shape index (κ2) is 4.12. The van der Waals surface area contributed by atoms with Crippen molar-refractivity contribution in [2.75, 3.05) is 0 Å². The van der Waals surface area contributed by atoms with Crippen molar-refractivity contribution in [1.82, 2.24) is 15.0 Å². The maximum Gasteiger partial charge on any atom is 0.433 e. The summed E-state index contributed by atoms with van der Waals surface area (Å²) in [7, 11) is 0. The number of halogens is 3. The number of aromatic nitrogens is 3. The Kier molecular flexibility index (Phi) is 2.79. The first-order chi connectivity index (χ1) is 7.98. The second-order valence-electron chi connectivity index (χ2n) is 3.44. The lowest BCUT2D eigenvalue weighted by atomic mass is 10.2. The SMILES string of the molecule is Cc1cnc(-c2ccccn2)nc1C(F)(F)F. The summed E-state index contributed by atoms with van der Waals surface area (Å²) in [5, 5.41) is 0. The molecule has 6 heteroatoms. The summed E-state index contributed by atoms with van der Waals surface area (Å²) in [6.07, 6.45) is -1.85. The lowest BCUT2D eigenvalue weighted by Gasteiger charge is -2.09. The molecule has 0 aliphatic carbocycles. The van der Waals surface area contributed by atoms with Crippen LogP contribution in [0, 0.1) is 6.92 Å². The van der Waals surface area contributed by atoms with Gasteiger partial charge in [0.05, 0.1) is 0 Å². The maximum atomic E-state index is 12.6. The largest absolute Gasteiger partial charge is 0.433 e. The predicted octanol–water partition coefficient (Wildman–Crippen LogP) is 2.87. The molecule has 2 rings (SSSR count). The molecule has 88 valence electrons. The Morgan fingerprint density at radius 3 is 2.47 bits per heavy atom. The molecule has 3 nitrogen and oxygen atoms in total. The third-order valence-electron chi connectivity index (χ3n) is 2.13. The highest BCUT2D eigenvalue weighted by Gasteiger charge is 2.35. The summed E-state index contributed by atoms with van der Waals surface area (Å²) in [4.78, 5) is 11.3. The first-order valence-electron chi connectivity index (χ1n) is 4.81. The Balaban J connectivity index is 2.53. The molecular weight excluding hydrogens is 231 g/mol. The lowest BCUT2D eigenvalue weighted by Crippen LogP contribution is -2.12. The normalized spacial score (nSPS) is 11.5. The quantitative estimate of drug-likeness (QED) is 0.768. The number of rotatable bonds is 1. The molecule has 0 fully saturated rings. The molecular formula is C11H8F3N3. The fraction of sp³-hybridized carbons (Fsp3) is 0.182. The molecule has 2 aromatic rings. The molecule has 0 bridgehead atoms. The van der Waals surface area contributed by atoms with Gasteiger partial charge < -0.3 is 0 Å². The Hall–Kier alpha value is -1.98. The van der Waals surface area contributed by atoms with Crippen molar-refractivity contribution in [3.05, 3.63) is 41.9 Å². The Bertz CT molecular complexity index is 523. The minimum atomic E-state index is -4.48. The van der Waals surface area contributed by atoms with E-state index in [4.69, 9.17) is 0 Å². The van der Waals surface area contributed by atoms with E-state index in [1.165, 1.54) is 13.1 Å². The maximum absolute atomic E-state index is 12.6. The molecule has 0 spiro atoms. The van der Waals surface area contributed by atoms with E-state index in [9.17, 15) is 13.2 Å². The number of hydrogen-bond acceptors (Lipinski definition) is 3. The topological polar surface area (TPSA) is 38.7 Å². The molecule has 0 saturated heterocycles. The molecule has 0 radical (unpaired) electrons. The van der Waals surface area contributed by atoms with Crippen molar-refractivity contribution < 1.29 is 13.2 Å². The van der Waals surface area contributed by atoms with Crippen LogP contribution in [0.3, 0.4) is 0 Å². The Labute approximate surface area is 95.4 Å². The van der Waals surface area contributed by atoms with Crippen LogP contribution in [0.2, 0.25) is 0 Å². The summed E-state index contributed by atoms with van der Waals surface area (Å²) < 4.78 is 37.9. The molecule has 0 aromatic carbocycles. The highest BCUT2D eigenvalue weighted by Crippen LogP contribution is 2.30. The number of nitrogens with zero attached hydrogens (tertiary/aromatic N) is 3. The van der Waals surface area contributed by atoms with Gasteiger partial charge in [0.1, 0.15) is 5.69 Å². The van der Waals surface area contributed by atoms with Gasteiger partial charge in [-0.2, -0.15) is 13.2 Å². The molecule has 17 heavy (non-hydrogen) atoms. The molecule has 0 unspecified atom stereocenters. The Morgan fingerprint density at radius 2 is 1.88 bits per heavy atom. The molecule has 0 aliphatic heterocycles. The second-order valence-corrected chi connectivity index (χ2v) is 3.44. The lowest BCUT2D eigenvalue weighted by molar-refractivity contribution is -0.141. The number of hydrogen-bond donors (Lipinski definition) is 0. The summed E-state index contributed by atoms with van der Waals surface area (Å²) in [6, 6.07) is 4.89. The van der Waals surface area contributed by atoms with Gasteiger partial charge in [-0.05, 0) is 24.6 Å². The van der Waals surface area contributed by atoms with Gasteiger partial charge in [-0.25, -0.2) is 9.97 Å². The number of aryl methyl sites for hydroxylation is 1. The minimum Gasteiger partial charge on any atom is -0.253 e. The van der Waals surface area contributed by atoms with Gasteiger partial charge >= 0.3 is 6.18 Å². The fourth-order valence-electron chi connectivity index (χ4n) is 1.35. The highest BCUT2D eigenvalue weighted by molar-refractivity contribution is 5.48. The van der Waals surface area contributed by atoms with Crippen LogP contribution in [-0.2, 0) is 6.18 Å². The molecule has 0 aliphatic rings. The van der Waals surface area contributed by atoms with E-state index in [1.54, 1.807) is 18.2 Å². The van der Waals surface area contributed by atoms with Gasteiger partial charge in [0.2, 0.25) is 0 Å². The fourth-order valence-corrected chi connectivity index (χ4v) is 1.35. The van der Waals surface area contributed by atoms with Crippen LogP contribution in [0.5, 0.6) is 0 Å². The number of pyridine rings is 1. The first kappa shape index (κ1) is 11.5. The van der Waals surface area contributed by atoms with Crippen LogP contribution in [0.4, 0.5) is 13.2 Å². The molecule has 2 heterocycles. The summed E-state index contributed by atoms with van der Waals surface area (Å²) in [5.74, 6) is -0.0245. The molecule has 0 saturated carbocycles. The average Bonchev–Trinajstić information content (AvgIpc) is 2.29. The van der Waals surface area contributed by atoms with Crippen LogP contribution in [0.25, 0.3) is 11.5 Å². The van der Waals surface area contributed by atoms with Crippen LogP contribution >= 0.6 is 0 Å². The standard InChI is InChI=1S/C11H8F3N3/c1-7-6-16-10(8-4-2-3-5-15-8)17-9(7)11(12,13)14/h2-6H,1H3. The highest BCUT2D eigenvalue weighted by atomic mass is 19.4. The van der Waals surface area contributed by atoms with Gasteiger partial charge in [0.25, 0.3) is 0 Å². The van der Waals surface area contributed by atoms with Crippen LogP contribution < -0.4 is 0 Å². The van der Waals surface area contributed by atoms with E-state index >= 15 is 0 Å². The minimum absolute atomic E-state index is 0.00261. The molecule has 0 amide bonds. The molecule has 2 aromatic heterocycles. The summed E-state index contributed by atoms with van der Waals surface area (Å²) in [6.45, 7) is 1.32. The van der Waals surface area contributed by atoms with Gasteiger partial charge in [0.15, 0.2) is 11.5 Å². The van der Waals surface area contributed by atoms with Crippen LogP contribution in [0.1, 0.15) is 11.3 Å². The number of alkyl halides is 3. The third kappa shape index (κ3) is 2.41. The monoisotopic (exact) mass is 239 g/mol. The van der Waals surface area contributed by atoms with E-state index in [1.807, 2.05) is 0 Å². The zero-order valence-corrected chi connectivity index (χ0v) is 8.86. The summed E-state index contributed by atoms with van der Waals surface area (Å²) >= 11 is 0. The molecule has 0 N–H and O–H groups in total. The van der Waals surface area contributed by atoms with E-state index in [-0.39, 0.29) is 11.4 Å². The smallest absolute Gasteiger partial charge is 0.253 e. The van der Waals surface area contributed by atoms with Crippen molar-refractivity contribution >= 4 is 0 Å². The third-order valence-corrected chi connectivity index (χ3v) is 2.13. The van der Waals surface area contributed by atoms with Crippen molar-refractivity contribution in [1.29, 1.82) is 0 Å². The van der Waals surface area contributed by atoms with Crippen LogP contribution in [-0.4, -0.2) is 15.0 Å². The van der Waals surface area contributed by atoms with Crippen molar-refractivity contribution in [3.63, 3.8) is 0 Å². The van der Waals surface area contributed by atoms with Crippen molar-refractivity contribution in [2.24, 2.45) is 0 Å². The zero-order valence-electron chi connectivity index (χ0n) is 8.86. The van der Waals surface area contributed by atoms with E-state index in [2.05, 4.69) is 15.0 Å². The van der Waals surface area contributed by atoms with Gasteiger partial charge in [0, 0.05) is 12.4 Å². The zero-order chi connectivity index (χ0) is 12.5. The van der Waals surface area contributed by atoms with E-state index in [0.717, 1.165) is 6.20 Å². The van der Waals surface area contributed by atoms with Gasteiger partial charge in [-0.15, -0.1) is 0 Å². The van der Waals surface area contributed by atoms with Gasteiger partial charge in [-0.3, -0.25) is 4.98 Å². The van der Waals surface area contributed by atoms with Crippen LogP contribution in [0.15, 0.2) is 30.6 Å². The average molecular weight is 239 g/mol. The first-order valence-corrected chi connectivity index (χ1v) is 4.81. The predicted molar refractivity (Wildman–Crippen MR) is 55.0 cm³/mol. The van der Waals surface area contributed by atoms with Gasteiger partial charge in [-0.1, -0.05) is 6.07 Å². The Morgan fingerprint density at radius 1 is 1.12 bits per heavy atom. The van der Waals surface area contributed by atoms with Crippen molar-refractivity contribution in [3.8, 4) is 11.5 Å². The van der Waals surface area contributed by atoms with E-state index < -0.39 is 11.9 Å². The molecule has 0 atom stereocenters. The van der Waals surface area contributed by atoms with E-state index in [0.29, 0.717) is 5.69 Å². The summed E-state index contributed by atoms with van der Waals surface area (Å²) in [5.41, 5.74) is -0.608. The van der Waals surface area contributed by atoms with Crippen molar-refractivity contribution in [2.45, 2.75) is 13.1 Å².